The van der Waals surface area contributed by atoms with E-state index in [1.54, 1.807) is 4.90 Å². The van der Waals surface area contributed by atoms with Crippen molar-refractivity contribution in [3.8, 4) is 0 Å². The lowest BCUT2D eigenvalue weighted by molar-refractivity contribution is -0.155. The van der Waals surface area contributed by atoms with Crippen LogP contribution in [0.15, 0.2) is 0 Å². The Balaban J connectivity index is 2.44. The van der Waals surface area contributed by atoms with E-state index in [4.69, 9.17) is 4.74 Å². The monoisotopic (exact) mass is 269 g/mol. The molecule has 0 aromatic heterocycles. The van der Waals surface area contributed by atoms with Crippen LogP contribution < -0.4 is 0 Å². The number of amides is 1. The molecule has 1 fully saturated rings. The van der Waals surface area contributed by atoms with Crippen molar-refractivity contribution in [3.05, 3.63) is 0 Å². The fraction of sp³-hybridized carbons (Fsp3) is 0.867. The highest BCUT2D eigenvalue weighted by Crippen LogP contribution is 2.30. The van der Waals surface area contributed by atoms with E-state index in [9.17, 15) is 9.59 Å². The molecule has 0 aromatic rings. The van der Waals surface area contributed by atoms with Gasteiger partial charge in [0.2, 0.25) is 5.91 Å². The average Bonchev–Trinajstić information content (AvgIpc) is 2.35. The number of hydrogen-bond donors (Lipinski definition) is 0. The minimum Gasteiger partial charge on any atom is -0.460 e. The minimum atomic E-state index is -0.456. The molecule has 0 saturated carbocycles. The molecule has 0 atom stereocenters. The van der Waals surface area contributed by atoms with Crippen LogP contribution in [0.5, 0.6) is 0 Å². The predicted molar refractivity (Wildman–Crippen MR) is 74.7 cm³/mol. The van der Waals surface area contributed by atoms with Crippen molar-refractivity contribution in [2.24, 2.45) is 5.41 Å². The summed E-state index contributed by atoms with van der Waals surface area (Å²) in [5.74, 6) is -0.0714. The van der Waals surface area contributed by atoms with Crippen molar-refractivity contribution in [2.75, 3.05) is 13.1 Å². The van der Waals surface area contributed by atoms with E-state index in [1.807, 2.05) is 20.8 Å². The Hall–Kier alpha value is -1.06. The number of likely N-dealkylation sites (tertiary alicyclic amines) is 1. The lowest BCUT2D eigenvalue weighted by atomic mass is 9.85. The van der Waals surface area contributed by atoms with Crippen molar-refractivity contribution >= 4 is 11.9 Å². The summed E-state index contributed by atoms with van der Waals surface area (Å²) in [6.45, 7) is 11.2. The smallest absolute Gasteiger partial charge is 0.308 e. The van der Waals surface area contributed by atoms with Crippen molar-refractivity contribution < 1.29 is 14.3 Å². The molecule has 0 unspecified atom stereocenters. The summed E-state index contributed by atoms with van der Waals surface area (Å²) < 4.78 is 5.26. The van der Waals surface area contributed by atoms with Crippen molar-refractivity contribution in [2.45, 2.75) is 65.9 Å². The number of rotatable bonds is 3. The van der Waals surface area contributed by atoms with E-state index in [-0.39, 0.29) is 23.7 Å². The lowest BCUT2D eigenvalue weighted by Gasteiger charge is -2.24. The highest BCUT2D eigenvalue weighted by atomic mass is 16.6. The molecule has 1 rings (SSSR count). The lowest BCUT2D eigenvalue weighted by Crippen LogP contribution is -2.34. The van der Waals surface area contributed by atoms with E-state index >= 15 is 0 Å². The molecule has 1 aliphatic rings. The van der Waals surface area contributed by atoms with Crippen molar-refractivity contribution in [3.63, 3.8) is 0 Å². The molecular weight excluding hydrogens is 242 g/mol. The van der Waals surface area contributed by atoms with Gasteiger partial charge in [0.05, 0.1) is 6.42 Å². The molecule has 4 heteroatoms. The Morgan fingerprint density at radius 2 is 1.95 bits per heavy atom. The average molecular weight is 269 g/mol. The Labute approximate surface area is 116 Å². The van der Waals surface area contributed by atoms with Gasteiger partial charge in [0, 0.05) is 19.5 Å². The van der Waals surface area contributed by atoms with Gasteiger partial charge in [0.15, 0.2) is 0 Å². The molecule has 110 valence electrons. The summed E-state index contributed by atoms with van der Waals surface area (Å²) in [7, 11) is 0. The second kappa shape index (κ2) is 5.93. The van der Waals surface area contributed by atoms with Gasteiger partial charge in [0.25, 0.3) is 0 Å². The second-order valence-electron chi connectivity index (χ2n) is 7.13. The van der Waals surface area contributed by atoms with Crippen LogP contribution in [0.4, 0.5) is 0 Å². The zero-order valence-corrected chi connectivity index (χ0v) is 12.9. The third-order valence-corrected chi connectivity index (χ3v) is 3.43. The topological polar surface area (TPSA) is 46.6 Å². The predicted octanol–water partition coefficient (Wildman–Crippen LogP) is 2.76. The fourth-order valence-corrected chi connectivity index (χ4v) is 2.15. The number of carbonyl (C=O) groups is 2. The molecule has 0 spiro atoms. The fourth-order valence-electron chi connectivity index (χ4n) is 2.15. The van der Waals surface area contributed by atoms with Gasteiger partial charge in [-0.15, -0.1) is 0 Å². The van der Waals surface area contributed by atoms with Gasteiger partial charge in [-0.3, -0.25) is 9.59 Å². The van der Waals surface area contributed by atoms with Crippen LogP contribution in [0, 0.1) is 5.41 Å². The van der Waals surface area contributed by atoms with Gasteiger partial charge >= 0.3 is 5.97 Å². The minimum absolute atomic E-state index is 0.161. The summed E-state index contributed by atoms with van der Waals surface area (Å²) >= 11 is 0. The molecule has 1 aliphatic heterocycles. The Bertz CT molecular complexity index is 342. The molecule has 19 heavy (non-hydrogen) atoms. The molecule has 0 aromatic carbocycles. The van der Waals surface area contributed by atoms with Crippen LogP contribution in [-0.2, 0) is 14.3 Å². The third-order valence-electron chi connectivity index (χ3n) is 3.43. The highest BCUT2D eigenvalue weighted by Gasteiger charge is 2.27. The molecule has 1 saturated heterocycles. The number of carbonyl (C=O) groups excluding carboxylic acids is 2. The maximum Gasteiger partial charge on any atom is 0.308 e. The first-order chi connectivity index (χ1) is 8.59. The van der Waals surface area contributed by atoms with E-state index in [1.165, 1.54) is 0 Å². The molecule has 0 bridgehead atoms. The van der Waals surface area contributed by atoms with Crippen molar-refractivity contribution in [1.82, 2.24) is 4.90 Å². The van der Waals surface area contributed by atoms with Crippen LogP contribution in [0.1, 0.15) is 60.3 Å². The van der Waals surface area contributed by atoms with Gasteiger partial charge in [-0.25, -0.2) is 0 Å². The number of ether oxygens (including phenoxy) is 1. The Kier molecular flexibility index (Phi) is 4.99. The molecule has 4 nitrogen and oxygen atoms in total. The van der Waals surface area contributed by atoms with E-state index in [2.05, 4.69) is 13.8 Å². The maximum absolute atomic E-state index is 12.0. The first kappa shape index (κ1) is 16.0. The Morgan fingerprint density at radius 3 is 2.53 bits per heavy atom. The van der Waals surface area contributed by atoms with Gasteiger partial charge in [-0.05, 0) is 39.0 Å². The first-order valence-electron chi connectivity index (χ1n) is 7.09. The van der Waals surface area contributed by atoms with Crippen LogP contribution in [0.2, 0.25) is 0 Å². The van der Waals surface area contributed by atoms with Gasteiger partial charge in [0.1, 0.15) is 5.60 Å². The maximum atomic E-state index is 12.0. The van der Waals surface area contributed by atoms with Crippen LogP contribution in [-0.4, -0.2) is 35.5 Å². The zero-order chi connectivity index (χ0) is 14.7. The Morgan fingerprint density at radius 1 is 1.32 bits per heavy atom. The number of hydrogen-bond acceptors (Lipinski definition) is 3. The molecule has 0 radical (unpaired) electrons. The van der Waals surface area contributed by atoms with Crippen LogP contribution in [0.25, 0.3) is 0 Å². The summed E-state index contributed by atoms with van der Waals surface area (Å²) in [5.41, 5.74) is -0.238. The zero-order valence-electron chi connectivity index (χ0n) is 12.9. The number of esters is 1. The molecule has 0 N–H and O–H groups in total. The molecule has 1 amide bonds. The van der Waals surface area contributed by atoms with Crippen LogP contribution in [0.3, 0.4) is 0 Å². The normalized spacial score (nSPS) is 20.1. The summed E-state index contributed by atoms with van der Waals surface area (Å²) in [5, 5.41) is 0. The number of nitrogens with zero attached hydrogens (tertiary/aromatic N) is 1. The van der Waals surface area contributed by atoms with Gasteiger partial charge in [-0.2, -0.15) is 0 Å². The SMILES string of the molecule is CC1(C)CCC(=O)N(CCC(=O)OC(C)(C)C)CC1. The van der Waals surface area contributed by atoms with Gasteiger partial charge in [-0.1, -0.05) is 13.8 Å². The molecule has 0 aliphatic carbocycles. The third kappa shape index (κ3) is 6.08. The first-order valence-corrected chi connectivity index (χ1v) is 7.09. The summed E-state index contributed by atoms with van der Waals surface area (Å²) in [4.78, 5) is 25.4. The van der Waals surface area contributed by atoms with Crippen LogP contribution >= 0.6 is 0 Å². The highest BCUT2D eigenvalue weighted by molar-refractivity contribution is 5.77. The second-order valence-corrected chi connectivity index (χ2v) is 7.13. The summed E-state index contributed by atoms with van der Waals surface area (Å²) in [6, 6.07) is 0. The van der Waals surface area contributed by atoms with E-state index in [0.29, 0.717) is 13.0 Å². The van der Waals surface area contributed by atoms with Crippen molar-refractivity contribution in [1.29, 1.82) is 0 Å². The van der Waals surface area contributed by atoms with Gasteiger partial charge < -0.3 is 9.64 Å². The standard InChI is InChI=1S/C15H27NO3/c1-14(2,3)19-13(18)7-10-16-11-9-15(4,5)8-6-12(16)17/h6-11H2,1-5H3. The van der Waals surface area contributed by atoms with E-state index < -0.39 is 5.60 Å². The largest absolute Gasteiger partial charge is 0.460 e. The van der Waals surface area contributed by atoms with E-state index in [0.717, 1.165) is 19.4 Å². The molecule has 1 heterocycles. The summed E-state index contributed by atoms with van der Waals surface area (Å²) in [6.07, 6.45) is 2.78. The quantitative estimate of drug-likeness (QED) is 0.740. The molecular formula is C15H27NO3.